The Hall–Kier alpha value is -3.29. The molecule has 1 unspecified atom stereocenters. The number of H-pyrrole nitrogens is 1. The van der Waals surface area contributed by atoms with Crippen molar-refractivity contribution in [3.63, 3.8) is 0 Å². The molecule has 1 N–H and O–H groups in total. The highest BCUT2D eigenvalue weighted by atomic mass is 19.1. The lowest BCUT2D eigenvalue weighted by Gasteiger charge is -2.34. The molecule has 5 rings (SSSR count). The Kier molecular flexibility index (Phi) is 3.24. The Morgan fingerprint density at radius 2 is 2.15 bits per heavy atom. The number of hydrogen-bond donors (Lipinski definition) is 1. The molecule has 8 heteroatoms. The van der Waals surface area contributed by atoms with Gasteiger partial charge in [-0.25, -0.2) is 19.5 Å². The van der Waals surface area contributed by atoms with Gasteiger partial charge in [0, 0.05) is 30.9 Å². The van der Waals surface area contributed by atoms with Crippen LogP contribution in [0.1, 0.15) is 28.7 Å². The summed E-state index contributed by atoms with van der Waals surface area (Å²) in [5, 5.41) is 4.76. The van der Waals surface area contributed by atoms with Gasteiger partial charge in [0.25, 0.3) is 0 Å². The van der Waals surface area contributed by atoms with Gasteiger partial charge in [0.05, 0.1) is 23.2 Å². The van der Waals surface area contributed by atoms with Crippen LogP contribution in [0.25, 0.3) is 5.52 Å². The van der Waals surface area contributed by atoms with E-state index >= 15 is 0 Å². The average Bonchev–Trinajstić information content (AvgIpc) is 3.28. The number of rotatable bonds is 2. The maximum atomic E-state index is 13.7. The molecule has 7 nitrogen and oxygen atoms in total. The second-order valence-corrected chi connectivity index (χ2v) is 6.40. The molecule has 5 heterocycles. The molecule has 1 aliphatic heterocycles. The van der Waals surface area contributed by atoms with Crippen molar-refractivity contribution in [3.8, 4) is 0 Å². The summed E-state index contributed by atoms with van der Waals surface area (Å²) in [6.07, 6.45) is 5.65. The van der Waals surface area contributed by atoms with Crippen LogP contribution in [0, 0.1) is 12.9 Å². The van der Waals surface area contributed by atoms with Crippen molar-refractivity contribution < 1.29 is 4.39 Å². The largest absolute Gasteiger partial charge is 0.348 e. The zero-order valence-corrected chi connectivity index (χ0v) is 14.1. The SMILES string of the molecule is Cc1cccn2nc(C3c4nc[nH]c4CCN3c3cc(F)ncn3)cc12. The van der Waals surface area contributed by atoms with E-state index in [0.717, 1.165) is 34.6 Å². The number of anilines is 1. The zero-order valence-electron chi connectivity index (χ0n) is 14.1. The van der Waals surface area contributed by atoms with Gasteiger partial charge < -0.3 is 9.88 Å². The topological polar surface area (TPSA) is 75.0 Å². The van der Waals surface area contributed by atoms with E-state index < -0.39 is 5.95 Å². The Labute approximate surface area is 148 Å². The van der Waals surface area contributed by atoms with Crippen LogP contribution in [0.2, 0.25) is 0 Å². The molecule has 0 spiro atoms. The molecule has 1 aliphatic rings. The number of aryl methyl sites for hydroxylation is 1. The number of aromatic amines is 1. The number of imidazole rings is 1. The lowest BCUT2D eigenvalue weighted by Crippen LogP contribution is -2.37. The van der Waals surface area contributed by atoms with Crippen molar-refractivity contribution in [3.05, 3.63) is 71.7 Å². The van der Waals surface area contributed by atoms with Gasteiger partial charge in [0.1, 0.15) is 18.2 Å². The minimum atomic E-state index is -0.549. The molecule has 130 valence electrons. The average molecular weight is 349 g/mol. The van der Waals surface area contributed by atoms with Crippen LogP contribution in [0.4, 0.5) is 10.2 Å². The molecule has 0 saturated heterocycles. The Bertz CT molecular complexity index is 1100. The first-order chi connectivity index (χ1) is 12.7. The Morgan fingerprint density at radius 1 is 1.23 bits per heavy atom. The van der Waals surface area contributed by atoms with Gasteiger partial charge in [-0.05, 0) is 24.6 Å². The summed E-state index contributed by atoms with van der Waals surface area (Å²) >= 11 is 0. The molecule has 0 aromatic carbocycles. The number of nitrogens with zero attached hydrogens (tertiary/aromatic N) is 6. The van der Waals surface area contributed by atoms with Gasteiger partial charge in [-0.3, -0.25) is 0 Å². The fraction of sp³-hybridized carbons (Fsp3) is 0.222. The van der Waals surface area contributed by atoms with Crippen molar-refractivity contribution in [1.82, 2.24) is 29.5 Å². The van der Waals surface area contributed by atoms with Crippen molar-refractivity contribution in [2.45, 2.75) is 19.4 Å². The lowest BCUT2D eigenvalue weighted by molar-refractivity contribution is 0.567. The third kappa shape index (κ3) is 2.26. The number of hydrogen-bond acceptors (Lipinski definition) is 5. The highest BCUT2D eigenvalue weighted by molar-refractivity contribution is 5.57. The van der Waals surface area contributed by atoms with Crippen LogP contribution in [0.5, 0.6) is 0 Å². The summed E-state index contributed by atoms with van der Waals surface area (Å²) in [6, 6.07) is 7.20. The predicted molar refractivity (Wildman–Crippen MR) is 93.4 cm³/mol. The van der Waals surface area contributed by atoms with Crippen LogP contribution >= 0.6 is 0 Å². The lowest BCUT2D eigenvalue weighted by atomic mass is 9.99. The quantitative estimate of drug-likeness (QED) is 0.563. The Morgan fingerprint density at radius 3 is 3.00 bits per heavy atom. The number of aromatic nitrogens is 6. The molecule has 0 amide bonds. The van der Waals surface area contributed by atoms with E-state index in [9.17, 15) is 4.39 Å². The van der Waals surface area contributed by atoms with Gasteiger partial charge in [-0.2, -0.15) is 9.49 Å². The number of nitrogens with one attached hydrogen (secondary N) is 1. The zero-order chi connectivity index (χ0) is 17.7. The molecule has 0 fully saturated rings. The minimum absolute atomic E-state index is 0.237. The molecular weight excluding hydrogens is 333 g/mol. The fourth-order valence-corrected chi connectivity index (χ4v) is 3.61. The smallest absolute Gasteiger partial charge is 0.218 e. The van der Waals surface area contributed by atoms with Crippen molar-refractivity contribution in [2.24, 2.45) is 0 Å². The second-order valence-electron chi connectivity index (χ2n) is 6.40. The summed E-state index contributed by atoms with van der Waals surface area (Å²) in [5.41, 5.74) is 5.01. The molecule has 26 heavy (non-hydrogen) atoms. The fourth-order valence-electron chi connectivity index (χ4n) is 3.61. The first-order valence-electron chi connectivity index (χ1n) is 8.42. The molecule has 0 aliphatic carbocycles. The van der Waals surface area contributed by atoms with Crippen LogP contribution in [-0.4, -0.2) is 36.1 Å². The Balaban J connectivity index is 1.69. The minimum Gasteiger partial charge on any atom is -0.348 e. The molecule has 4 aromatic heterocycles. The summed E-state index contributed by atoms with van der Waals surface area (Å²) in [4.78, 5) is 17.6. The van der Waals surface area contributed by atoms with Gasteiger partial charge in [-0.15, -0.1) is 0 Å². The van der Waals surface area contributed by atoms with E-state index in [-0.39, 0.29) is 6.04 Å². The number of fused-ring (bicyclic) bond motifs is 2. The molecule has 1 atom stereocenters. The summed E-state index contributed by atoms with van der Waals surface area (Å²) in [7, 11) is 0. The van der Waals surface area contributed by atoms with E-state index in [1.165, 1.54) is 12.4 Å². The first-order valence-corrected chi connectivity index (χ1v) is 8.42. The van der Waals surface area contributed by atoms with Gasteiger partial charge in [0.2, 0.25) is 5.95 Å². The van der Waals surface area contributed by atoms with Crippen molar-refractivity contribution >= 4 is 11.3 Å². The van der Waals surface area contributed by atoms with E-state index in [1.54, 1.807) is 6.33 Å². The molecule has 0 radical (unpaired) electrons. The van der Waals surface area contributed by atoms with Crippen LogP contribution in [0.15, 0.2) is 43.1 Å². The normalized spacial score (nSPS) is 16.8. The molecule has 4 aromatic rings. The van der Waals surface area contributed by atoms with E-state index in [2.05, 4.69) is 39.0 Å². The van der Waals surface area contributed by atoms with Crippen molar-refractivity contribution in [1.29, 1.82) is 0 Å². The van der Waals surface area contributed by atoms with Crippen LogP contribution in [0.3, 0.4) is 0 Å². The third-order valence-electron chi connectivity index (χ3n) is 4.85. The first kappa shape index (κ1) is 15.0. The third-order valence-corrected chi connectivity index (χ3v) is 4.85. The van der Waals surface area contributed by atoms with Gasteiger partial charge >= 0.3 is 0 Å². The maximum absolute atomic E-state index is 13.7. The van der Waals surface area contributed by atoms with Crippen molar-refractivity contribution in [2.75, 3.05) is 11.4 Å². The second kappa shape index (κ2) is 5.62. The molecule has 0 bridgehead atoms. The maximum Gasteiger partial charge on any atom is 0.218 e. The molecule has 0 saturated carbocycles. The summed E-state index contributed by atoms with van der Waals surface area (Å²) in [6.45, 7) is 2.74. The van der Waals surface area contributed by atoms with Gasteiger partial charge in [-0.1, -0.05) is 6.07 Å². The summed E-state index contributed by atoms with van der Waals surface area (Å²) < 4.78 is 15.6. The standard InChI is InChI=1S/C18H16FN7/c1-11-3-2-5-26-14(11)7-13(24-26)18-17-12(20-9-23-17)4-6-25(18)16-8-15(19)21-10-22-16/h2-3,5,7-10,18H,4,6H2,1H3,(H,20,23). The number of halogens is 1. The van der Waals surface area contributed by atoms with E-state index in [1.807, 2.05) is 21.7 Å². The van der Waals surface area contributed by atoms with Crippen LogP contribution in [-0.2, 0) is 6.42 Å². The van der Waals surface area contributed by atoms with E-state index in [0.29, 0.717) is 12.4 Å². The monoisotopic (exact) mass is 349 g/mol. The molecular formula is C18H16FN7. The highest BCUT2D eigenvalue weighted by Crippen LogP contribution is 2.36. The summed E-state index contributed by atoms with van der Waals surface area (Å²) in [5.74, 6) is -0.0163. The van der Waals surface area contributed by atoms with Crippen LogP contribution < -0.4 is 4.90 Å². The van der Waals surface area contributed by atoms with Gasteiger partial charge in [0.15, 0.2) is 0 Å². The van der Waals surface area contributed by atoms with E-state index in [4.69, 9.17) is 5.10 Å². The number of pyridine rings is 1. The highest BCUT2D eigenvalue weighted by Gasteiger charge is 2.34. The predicted octanol–water partition coefficient (Wildman–Crippen LogP) is 2.45.